The van der Waals surface area contributed by atoms with Crippen molar-refractivity contribution < 1.29 is 4.79 Å². The van der Waals surface area contributed by atoms with E-state index in [0.29, 0.717) is 5.56 Å². The summed E-state index contributed by atoms with van der Waals surface area (Å²) in [7, 11) is 0. The van der Waals surface area contributed by atoms with E-state index in [-0.39, 0.29) is 17.3 Å². The second-order valence-corrected chi connectivity index (χ2v) is 5.13. The molecule has 0 radical (unpaired) electrons. The molecule has 1 aliphatic rings. The second kappa shape index (κ2) is 5.50. The first-order valence-corrected chi connectivity index (χ1v) is 6.48. The average Bonchev–Trinajstić information content (AvgIpc) is 2.33. The predicted molar refractivity (Wildman–Crippen MR) is 68.3 cm³/mol. The number of aryl methyl sites for hydroxylation is 1. The number of carbonyl (C=O) groups is 1. The number of nitrogens with zero attached hydrogens (tertiary/aromatic N) is 1. The maximum Gasteiger partial charge on any atom is 0.253 e. The Kier molecular flexibility index (Phi) is 4.00. The van der Waals surface area contributed by atoms with Crippen molar-refractivity contribution in [2.45, 2.75) is 44.0 Å². The number of pyridine rings is 1. The third-order valence-corrected chi connectivity index (χ3v) is 3.69. The average molecular weight is 253 g/mol. The van der Waals surface area contributed by atoms with Crippen molar-refractivity contribution in [3.05, 3.63) is 29.6 Å². The molecule has 0 saturated heterocycles. The molecule has 2 atom stereocenters. The van der Waals surface area contributed by atoms with Crippen LogP contribution in [-0.2, 0) is 0 Å². The molecule has 1 aliphatic carbocycles. The molecule has 4 heteroatoms. The van der Waals surface area contributed by atoms with Crippen LogP contribution in [0.3, 0.4) is 0 Å². The maximum atomic E-state index is 12.0. The Morgan fingerprint density at radius 3 is 2.82 bits per heavy atom. The summed E-state index contributed by atoms with van der Waals surface area (Å²) in [5.74, 6) is -0.0740. The summed E-state index contributed by atoms with van der Waals surface area (Å²) in [6.07, 6.45) is 5.86. The van der Waals surface area contributed by atoms with E-state index in [9.17, 15) is 4.79 Å². The van der Waals surface area contributed by atoms with Crippen molar-refractivity contribution in [3.8, 4) is 0 Å². The summed E-state index contributed by atoms with van der Waals surface area (Å²) >= 11 is 6.21. The third-order valence-electron chi connectivity index (χ3n) is 3.17. The van der Waals surface area contributed by atoms with Gasteiger partial charge in [-0.1, -0.05) is 12.8 Å². The lowest BCUT2D eigenvalue weighted by atomic mass is 9.95. The van der Waals surface area contributed by atoms with Gasteiger partial charge in [0.15, 0.2) is 0 Å². The summed E-state index contributed by atoms with van der Waals surface area (Å²) in [5.41, 5.74) is 1.51. The highest BCUT2D eigenvalue weighted by atomic mass is 35.5. The number of hydrogen-bond acceptors (Lipinski definition) is 2. The van der Waals surface area contributed by atoms with Gasteiger partial charge < -0.3 is 5.32 Å². The number of aromatic nitrogens is 1. The third kappa shape index (κ3) is 3.19. The normalized spacial score (nSPS) is 24.4. The molecule has 2 rings (SSSR count). The van der Waals surface area contributed by atoms with Gasteiger partial charge in [-0.25, -0.2) is 0 Å². The molecule has 1 amide bonds. The van der Waals surface area contributed by atoms with E-state index in [2.05, 4.69) is 10.3 Å². The van der Waals surface area contributed by atoms with Crippen molar-refractivity contribution in [1.29, 1.82) is 0 Å². The first-order valence-electron chi connectivity index (χ1n) is 6.04. The molecule has 1 heterocycles. The lowest BCUT2D eigenvalue weighted by Gasteiger charge is -2.27. The number of nitrogens with one attached hydrogen (secondary N) is 1. The molecule has 0 aromatic carbocycles. The second-order valence-electron chi connectivity index (χ2n) is 4.57. The van der Waals surface area contributed by atoms with Crippen LogP contribution in [0.2, 0.25) is 0 Å². The molecule has 2 unspecified atom stereocenters. The van der Waals surface area contributed by atoms with Gasteiger partial charge in [-0.2, -0.15) is 0 Å². The Bertz CT molecular complexity index is 391. The Morgan fingerprint density at radius 1 is 1.41 bits per heavy atom. The van der Waals surface area contributed by atoms with Crippen LogP contribution in [0.25, 0.3) is 0 Å². The highest BCUT2D eigenvalue weighted by Crippen LogP contribution is 2.23. The fourth-order valence-electron chi connectivity index (χ4n) is 2.10. The van der Waals surface area contributed by atoms with Crippen molar-refractivity contribution in [2.75, 3.05) is 0 Å². The van der Waals surface area contributed by atoms with Gasteiger partial charge in [-0.05, 0) is 31.9 Å². The van der Waals surface area contributed by atoms with Crippen LogP contribution in [0.15, 0.2) is 18.3 Å². The van der Waals surface area contributed by atoms with Crippen molar-refractivity contribution in [3.63, 3.8) is 0 Å². The van der Waals surface area contributed by atoms with Gasteiger partial charge in [0, 0.05) is 17.9 Å². The molecule has 17 heavy (non-hydrogen) atoms. The number of halogens is 1. The van der Waals surface area contributed by atoms with Crippen LogP contribution in [0.1, 0.15) is 41.7 Å². The maximum absolute atomic E-state index is 12.0. The minimum absolute atomic E-state index is 0.0612. The molecule has 0 bridgehead atoms. The summed E-state index contributed by atoms with van der Waals surface area (Å²) in [6.45, 7) is 1.90. The Hall–Kier alpha value is -1.09. The van der Waals surface area contributed by atoms with Crippen LogP contribution in [0, 0.1) is 6.92 Å². The van der Waals surface area contributed by atoms with Gasteiger partial charge in [0.1, 0.15) is 0 Å². The number of carbonyl (C=O) groups excluding carboxylic acids is 1. The van der Waals surface area contributed by atoms with E-state index < -0.39 is 0 Å². The summed E-state index contributed by atoms with van der Waals surface area (Å²) < 4.78 is 0. The first kappa shape index (κ1) is 12.4. The highest BCUT2D eigenvalue weighted by Gasteiger charge is 2.24. The Labute approximate surface area is 107 Å². The minimum Gasteiger partial charge on any atom is -0.348 e. The summed E-state index contributed by atoms with van der Waals surface area (Å²) in [4.78, 5) is 16.1. The molecule has 0 spiro atoms. The number of amides is 1. The number of rotatable bonds is 2. The van der Waals surface area contributed by atoms with E-state index in [1.54, 1.807) is 12.3 Å². The SMILES string of the molecule is Cc1ccc(C(=O)NC2CCCCC2Cl)cn1. The Balaban J connectivity index is 1.98. The summed E-state index contributed by atoms with van der Waals surface area (Å²) in [5, 5.41) is 3.05. The zero-order chi connectivity index (χ0) is 12.3. The smallest absolute Gasteiger partial charge is 0.253 e. The number of alkyl halides is 1. The van der Waals surface area contributed by atoms with Gasteiger partial charge in [0.05, 0.1) is 10.9 Å². The van der Waals surface area contributed by atoms with Gasteiger partial charge in [-0.15, -0.1) is 11.6 Å². The number of hydrogen-bond donors (Lipinski definition) is 1. The van der Waals surface area contributed by atoms with Gasteiger partial charge in [-0.3, -0.25) is 9.78 Å². The monoisotopic (exact) mass is 252 g/mol. The van der Waals surface area contributed by atoms with Gasteiger partial charge in [0.25, 0.3) is 5.91 Å². The van der Waals surface area contributed by atoms with E-state index in [1.807, 2.05) is 13.0 Å². The Morgan fingerprint density at radius 2 is 2.18 bits per heavy atom. The largest absolute Gasteiger partial charge is 0.348 e. The van der Waals surface area contributed by atoms with Crippen molar-refractivity contribution in [1.82, 2.24) is 10.3 Å². The van der Waals surface area contributed by atoms with Crippen molar-refractivity contribution >= 4 is 17.5 Å². The van der Waals surface area contributed by atoms with E-state index in [4.69, 9.17) is 11.6 Å². The summed E-state index contributed by atoms with van der Waals surface area (Å²) in [6, 6.07) is 3.73. The molecular formula is C13H17ClN2O. The van der Waals surface area contributed by atoms with Crippen molar-refractivity contribution in [2.24, 2.45) is 0 Å². The first-order chi connectivity index (χ1) is 8.16. The predicted octanol–water partition coefficient (Wildman–Crippen LogP) is 2.67. The molecule has 0 aliphatic heterocycles. The fraction of sp³-hybridized carbons (Fsp3) is 0.538. The zero-order valence-corrected chi connectivity index (χ0v) is 10.7. The lowest BCUT2D eigenvalue weighted by Crippen LogP contribution is -2.42. The molecule has 92 valence electrons. The van der Waals surface area contributed by atoms with E-state index >= 15 is 0 Å². The van der Waals surface area contributed by atoms with Crippen LogP contribution < -0.4 is 5.32 Å². The van der Waals surface area contributed by atoms with Gasteiger partial charge in [0.2, 0.25) is 0 Å². The topological polar surface area (TPSA) is 42.0 Å². The molecule has 1 fully saturated rings. The van der Waals surface area contributed by atoms with Gasteiger partial charge >= 0.3 is 0 Å². The van der Waals surface area contributed by atoms with Crippen LogP contribution in [-0.4, -0.2) is 22.3 Å². The van der Waals surface area contributed by atoms with Crippen LogP contribution >= 0.6 is 11.6 Å². The molecule has 3 nitrogen and oxygen atoms in total. The zero-order valence-electron chi connectivity index (χ0n) is 9.95. The highest BCUT2D eigenvalue weighted by molar-refractivity contribution is 6.21. The van der Waals surface area contributed by atoms with E-state index in [1.165, 1.54) is 0 Å². The molecule has 1 saturated carbocycles. The van der Waals surface area contributed by atoms with Crippen LogP contribution in [0.4, 0.5) is 0 Å². The quantitative estimate of drug-likeness (QED) is 0.823. The molecular weight excluding hydrogens is 236 g/mol. The fourth-order valence-corrected chi connectivity index (χ4v) is 2.45. The molecule has 1 aromatic rings. The molecule has 1 N–H and O–H groups in total. The standard InChI is InChI=1S/C13H17ClN2O/c1-9-6-7-10(8-15-9)13(17)16-12-5-3-2-4-11(12)14/h6-8,11-12H,2-5H2,1H3,(H,16,17). The van der Waals surface area contributed by atoms with E-state index in [0.717, 1.165) is 31.4 Å². The van der Waals surface area contributed by atoms with Crippen LogP contribution in [0.5, 0.6) is 0 Å². The molecule has 1 aromatic heterocycles. The lowest BCUT2D eigenvalue weighted by molar-refractivity contribution is 0.0928. The minimum atomic E-state index is -0.0740.